The molecule has 3 nitrogen and oxygen atoms in total. The van der Waals surface area contributed by atoms with E-state index in [9.17, 15) is 0 Å². The SMILES string of the molecule is Cc1nc(C2CC2(C)C)nc(N)c1Br. The maximum absolute atomic E-state index is 5.78. The highest BCUT2D eigenvalue weighted by molar-refractivity contribution is 9.10. The van der Waals surface area contributed by atoms with Gasteiger partial charge in [0.2, 0.25) is 0 Å². The number of hydrogen-bond acceptors (Lipinski definition) is 3. The zero-order valence-electron chi connectivity index (χ0n) is 8.63. The van der Waals surface area contributed by atoms with E-state index in [-0.39, 0.29) is 0 Å². The van der Waals surface area contributed by atoms with E-state index in [1.807, 2.05) is 6.92 Å². The summed E-state index contributed by atoms with van der Waals surface area (Å²) in [4.78, 5) is 8.76. The zero-order chi connectivity index (χ0) is 10.5. The van der Waals surface area contributed by atoms with Gasteiger partial charge in [-0.25, -0.2) is 9.97 Å². The quantitative estimate of drug-likeness (QED) is 0.840. The minimum absolute atomic E-state index is 0.354. The van der Waals surface area contributed by atoms with Gasteiger partial charge in [-0.15, -0.1) is 0 Å². The smallest absolute Gasteiger partial charge is 0.141 e. The summed E-state index contributed by atoms with van der Waals surface area (Å²) < 4.78 is 0.819. The molecule has 14 heavy (non-hydrogen) atoms. The minimum atomic E-state index is 0.354. The summed E-state index contributed by atoms with van der Waals surface area (Å²) in [7, 11) is 0. The Labute approximate surface area is 92.3 Å². The fourth-order valence-corrected chi connectivity index (χ4v) is 1.84. The van der Waals surface area contributed by atoms with Crippen molar-refractivity contribution in [3.05, 3.63) is 16.0 Å². The molecule has 1 unspecified atom stereocenters. The van der Waals surface area contributed by atoms with E-state index >= 15 is 0 Å². The Morgan fingerprint density at radius 1 is 1.43 bits per heavy atom. The van der Waals surface area contributed by atoms with Gasteiger partial charge < -0.3 is 5.73 Å². The van der Waals surface area contributed by atoms with E-state index in [1.165, 1.54) is 0 Å². The summed E-state index contributed by atoms with van der Waals surface area (Å²) in [6.07, 6.45) is 1.16. The summed E-state index contributed by atoms with van der Waals surface area (Å²) in [5.41, 5.74) is 7.06. The average molecular weight is 256 g/mol. The van der Waals surface area contributed by atoms with Gasteiger partial charge in [-0.2, -0.15) is 0 Å². The third-order valence-corrected chi connectivity index (χ3v) is 3.86. The molecule has 0 aromatic carbocycles. The number of anilines is 1. The molecule has 0 radical (unpaired) electrons. The maximum atomic E-state index is 5.78. The van der Waals surface area contributed by atoms with Crippen LogP contribution in [0.25, 0.3) is 0 Å². The van der Waals surface area contributed by atoms with Crippen molar-refractivity contribution in [2.45, 2.75) is 33.1 Å². The van der Waals surface area contributed by atoms with Crippen molar-refractivity contribution in [2.75, 3.05) is 5.73 Å². The first-order chi connectivity index (χ1) is 6.42. The highest BCUT2D eigenvalue weighted by atomic mass is 79.9. The summed E-state index contributed by atoms with van der Waals surface area (Å²) in [6.45, 7) is 6.41. The van der Waals surface area contributed by atoms with Gasteiger partial charge in [0.1, 0.15) is 11.6 Å². The van der Waals surface area contributed by atoms with Gasteiger partial charge in [0, 0.05) is 5.92 Å². The fourth-order valence-electron chi connectivity index (χ4n) is 1.67. The van der Waals surface area contributed by atoms with Crippen LogP contribution in [0, 0.1) is 12.3 Å². The summed E-state index contributed by atoms with van der Waals surface area (Å²) in [5, 5.41) is 0. The van der Waals surface area contributed by atoms with Crippen molar-refractivity contribution in [3.8, 4) is 0 Å². The molecule has 1 atom stereocenters. The van der Waals surface area contributed by atoms with E-state index in [2.05, 4.69) is 39.7 Å². The van der Waals surface area contributed by atoms with Crippen molar-refractivity contribution >= 4 is 21.7 Å². The molecular weight excluding hydrogens is 242 g/mol. The molecule has 1 aliphatic carbocycles. The molecule has 0 saturated heterocycles. The van der Waals surface area contributed by atoms with Crippen LogP contribution in [0.15, 0.2) is 4.47 Å². The van der Waals surface area contributed by atoms with E-state index in [0.29, 0.717) is 17.2 Å². The maximum Gasteiger partial charge on any atom is 0.141 e. The molecule has 2 rings (SSSR count). The van der Waals surface area contributed by atoms with Crippen LogP contribution >= 0.6 is 15.9 Å². The topological polar surface area (TPSA) is 51.8 Å². The Hall–Kier alpha value is -0.640. The molecule has 0 amide bonds. The van der Waals surface area contributed by atoms with Crippen LogP contribution < -0.4 is 5.73 Å². The lowest BCUT2D eigenvalue weighted by atomic mass is 10.1. The third-order valence-electron chi connectivity index (χ3n) is 2.88. The number of halogens is 1. The van der Waals surface area contributed by atoms with Gasteiger partial charge in [-0.1, -0.05) is 13.8 Å². The van der Waals surface area contributed by atoms with Crippen molar-refractivity contribution < 1.29 is 0 Å². The largest absolute Gasteiger partial charge is 0.383 e. The van der Waals surface area contributed by atoms with E-state index in [0.717, 1.165) is 22.4 Å². The van der Waals surface area contributed by atoms with Gasteiger partial charge >= 0.3 is 0 Å². The average Bonchev–Trinajstić information content (AvgIpc) is 2.70. The normalized spacial score (nSPS) is 23.6. The molecule has 76 valence electrons. The van der Waals surface area contributed by atoms with Crippen LogP contribution in [0.1, 0.15) is 37.7 Å². The van der Waals surface area contributed by atoms with E-state index in [4.69, 9.17) is 5.73 Å². The van der Waals surface area contributed by atoms with Crippen LogP contribution in [0.5, 0.6) is 0 Å². The lowest BCUT2D eigenvalue weighted by molar-refractivity contribution is 0.607. The number of nitrogens with zero attached hydrogens (tertiary/aromatic N) is 2. The molecule has 1 aromatic rings. The lowest BCUT2D eigenvalue weighted by Gasteiger charge is -2.06. The highest BCUT2D eigenvalue weighted by Crippen LogP contribution is 2.57. The highest BCUT2D eigenvalue weighted by Gasteiger charge is 2.48. The molecule has 4 heteroatoms. The van der Waals surface area contributed by atoms with Crippen LogP contribution in [-0.2, 0) is 0 Å². The Morgan fingerprint density at radius 3 is 2.43 bits per heavy atom. The zero-order valence-corrected chi connectivity index (χ0v) is 10.2. The molecule has 1 saturated carbocycles. The van der Waals surface area contributed by atoms with Gasteiger partial charge in [0.05, 0.1) is 10.2 Å². The second-order valence-corrected chi connectivity index (χ2v) is 5.40. The van der Waals surface area contributed by atoms with Gasteiger partial charge in [-0.3, -0.25) is 0 Å². The second kappa shape index (κ2) is 2.92. The van der Waals surface area contributed by atoms with Gasteiger partial charge in [0.15, 0.2) is 0 Å². The number of aryl methyl sites for hydroxylation is 1. The summed E-state index contributed by atoms with van der Waals surface area (Å²) in [6, 6.07) is 0. The number of rotatable bonds is 1. The molecular formula is C10H14BrN3. The molecule has 1 aliphatic rings. The standard InChI is InChI=1S/C10H14BrN3/c1-5-7(11)8(12)14-9(13-5)6-4-10(6,2)3/h6H,4H2,1-3H3,(H2,12,13,14). The summed E-state index contributed by atoms with van der Waals surface area (Å²) >= 11 is 3.36. The second-order valence-electron chi connectivity index (χ2n) is 4.61. The first-order valence-corrected chi connectivity index (χ1v) is 5.50. The first kappa shape index (κ1) is 9.90. The fraction of sp³-hybridized carbons (Fsp3) is 0.600. The van der Waals surface area contributed by atoms with Crippen molar-refractivity contribution in [1.82, 2.24) is 9.97 Å². The van der Waals surface area contributed by atoms with Crippen molar-refractivity contribution in [3.63, 3.8) is 0 Å². The number of aromatic nitrogens is 2. The number of hydrogen-bond donors (Lipinski definition) is 1. The Kier molecular flexibility index (Phi) is 2.07. The molecule has 2 N–H and O–H groups in total. The van der Waals surface area contributed by atoms with Crippen LogP contribution in [-0.4, -0.2) is 9.97 Å². The van der Waals surface area contributed by atoms with Gasteiger partial charge in [0.25, 0.3) is 0 Å². The Balaban J connectivity index is 2.38. The Morgan fingerprint density at radius 2 is 2.00 bits per heavy atom. The van der Waals surface area contributed by atoms with Crippen molar-refractivity contribution in [2.24, 2.45) is 5.41 Å². The lowest BCUT2D eigenvalue weighted by Crippen LogP contribution is -2.04. The molecule has 0 aliphatic heterocycles. The van der Waals surface area contributed by atoms with E-state index < -0.39 is 0 Å². The third kappa shape index (κ3) is 1.52. The molecule has 0 bridgehead atoms. The first-order valence-electron chi connectivity index (χ1n) is 4.71. The summed E-state index contributed by atoms with van der Waals surface area (Å²) in [5.74, 6) is 1.93. The minimum Gasteiger partial charge on any atom is -0.383 e. The molecule has 1 aromatic heterocycles. The monoisotopic (exact) mass is 255 g/mol. The molecule has 1 heterocycles. The predicted molar refractivity (Wildman–Crippen MR) is 60.0 cm³/mol. The van der Waals surface area contributed by atoms with Crippen molar-refractivity contribution in [1.29, 1.82) is 0 Å². The number of nitrogens with two attached hydrogens (primary N) is 1. The van der Waals surface area contributed by atoms with Gasteiger partial charge in [-0.05, 0) is 34.7 Å². The van der Waals surface area contributed by atoms with E-state index in [1.54, 1.807) is 0 Å². The number of nitrogen functional groups attached to an aromatic ring is 1. The van der Waals surface area contributed by atoms with Crippen LogP contribution in [0.3, 0.4) is 0 Å². The molecule has 0 spiro atoms. The predicted octanol–water partition coefficient (Wildman–Crippen LogP) is 2.64. The van der Waals surface area contributed by atoms with Crippen LogP contribution in [0.4, 0.5) is 5.82 Å². The van der Waals surface area contributed by atoms with Crippen LogP contribution in [0.2, 0.25) is 0 Å². The Bertz CT molecular complexity index is 364. The molecule has 1 fully saturated rings.